The van der Waals surface area contributed by atoms with Crippen molar-refractivity contribution in [3.63, 3.8) is 0 Å². The molecule has 0 fully saturated rings. The lowest BCUT2D eigenvalue weighted by atomic mass is 10.0. The zero-order valence-electron chi connectivity index (χ0n) is 8.98. The highest BCUT2D eigenvalue weighted by atomic mass is 16.2. The summed E-state index contributed by atoms with van der Waals surface area (Å²) < 4.78 is 0. The summed E-state index contributed by atoms with van der Waals surface area (Å²) in [5.41, 5.74) is 1.03. The van der Waals surface area contributed by atoms with Crippen LogP contribution >= 0.6 is 0 Å². The van der Waals surface area contributed by atoms with E-state index >= 15 is 0 Å². The summed E-state index contributed by atoms with van der Waals surface area (Å²) in [7, 11) is 5.38. The lowest BCUT2D eigenvalue weighted by Gasteiger charge is -2.12. The van der Waals surface area contributed by atoms with Gasteiger partial charge < -0.3 is 0 Å². The number of rotatable bonds is 4. The van der Waals surface area contributed by atoms with E-state index in [1.54, 1.807) is 24.3 Å². The smallest absolute Gasteiger partial charge is 0.261 e. The molecule has 1 aromatic rings. The molecule has 0 unspecified atom stereocenters. The Kier molecular flexibility index (Phi) is 3.08. The molecule has 0 aliphatic carbocycles. The number of unbranched alkanes of at least 4 members (excludes halogenated alkanes) is 1. The van der Waals surface area contributed by atoms with Gasteiger partial charge in [0.25, 0.3) is 11.8 Å². The average Bonchev–Trinajstić information content (AvgIpc) is 2.55. The maximum atomic E-state index is 11.9. The fourth-order valence-corrected chi connectivity index (χ4v) is 1.86. The molecule has 2 amide bonds. The van der Waals surface area contributed by atoms with E-state index in [0.717, 1.165) is 12.8 Å². The van der Waals surface area contributed by atoms with E-state index in [9.17, 15) is 9.59 Å². The molecule has 0 N–H and O–H groups in total. The minimum absolute atomic E-state index is 0.183. The van der Waals surface area contributed by atoms with Gasteiger partial charge in [-0.2, -0.15) is 0 Å². The largest absolute Gasteiger partial charge is 0.274 e. The Morgan fingerprint density at radius 1 is 1.00 bits per heavy atom. The number of hydrogen-bond donors (Lipinski definition) is 0. The van der Waals surface area contributed by atoms with Crippen LogP contribution in [0.15, 0.2) is 24.3 Å². The minimum Gasteiger partial charge on any atom is -0.274 e. The third kappa shape index (κ3) is 1.75. The molecule has 0 bridgehead atoms. The number of nitrogens with zero attached hydrogens (tertiary/aromatic N) is 1. The van der Waals surface area contributed by atoms with Gasteiger partial charge in [0.15, 0.2) is 0 Å². The van der Waals surface area contributed by atoms with Crippen LogP contribution in [-0.2, 0) is 0 Å². The molecule has 1 aromatic carbocycles. The maximum Gasteiger partial charge on any atom is 0.261 e. The summed E-state index contributed by atoms with van der Waals surface area (Å²) in [6.07, 6.45) is 2.18. The summed E-state index contributed by atoms with van der Waals surface area (Å²) in [5, 5.41) is 0. The van der Waals surface area contributed by atoms with Gasteiger partial charge >= 0.3 is 0 Å². The van der Waals surface area contributed by atoms with E-state index in [-0.39, 0.29) is 11.8 Å². The highest BCUT2D eigenvalue weighted by molar-refractivity contribution is 6.21. The van der Waals surface area contributed by atoms with Crippen LogP contribution in [0.25, 0.3) is 0 Å². The highest BCUT2D eigenvalue weighted by Gasteiger charge is 2.34. The first-order valence-electron chi connectivity index (χ1n) is 5.41. The van der Waals surface area contributed by atoms with Gasteiger partial charge in [0.2, 0.25) is 0 Å². The number of hydrogen-bond acceptors (Lipinski definition) is 2. The van der Waals surface area contributed by atoms with Gasteiger partial charge in [-0.15, -0.1) is 0 Å². The fraction of sp³-hybridized carbons (Fsp3) is 0.333. The predicted octanol–water partition coefficient (Wildman–Crippen LogP) is 1.65. The molecule has 1 aliphatic rings. The van der Waals surface area contributed by atoms with Gasteiger partial charge in [-0.1, -0.05) is 24.9 Å². The van der Waals surface area contributed by atoms with E-state index in [0.29, 0.717) is 24.0 Å². The van der Waals surface area contributed by atoms with Crippen LogP contribution in [0.5, 0.6) is 0 Å². The van der Waals surface area contributed by atoms with Crippen molar-refractivity contribution in [2.24, 2.45) is 0 Å². The average molecular weight is 213 g/mol. The Labute approximate surface area is 95.8 Å². The number of amides is 2. The molecular formula is C12H12BNO2. The molecular weight excluding hydrogens is 201 g/mol. The Morgan fingerprint density at radius 3 is 2.06 bits per heavy atom. The van der Waals surface area contributed by atoms with Crippen molar-refractivity contribution in [3.8, 4) is 0 Å². The van der Waals surface area contributed by atoms with Gasteiger partial charge in [-0.3, -0.25) is 14.5 Å². The Balaban J connectivity index is 2.15. The molecule has 2 radical (unpaired) electrons. The van der Waals surface area contributed by atoms with Crippen LogP contribution < -0.4 is 0 Å². The maximum absolute atomic E-state index is 11.9. The standard InChI is InChI=1S/C12H12BNO2/c13-7-3-4-8-14-11(15)9-5-1-2-6-10(9)12(14)16/h1-2,5-6H,3-4,7-8H2. The van der Waals surface area contributed by atoms with E-state index in [2.05, 4.69) is 0 Å². The molecule has 16 heavy (non-hydrogen) atoms. The van der Waals surface area contributed by atoms with Crippen LogP contribution in [0.2, 0.25) is 6.32 Å². The van der Waals surface area contributed by atoms with Gasteiger partial charge in [-0.05, 0) is 18.6 Å². The first-order valence-corrected chi connectivity index (χ1v) is 5.41. The third-order valence-electron chi connectivity index (χ3n) is 2.71. The van der Waals surface area contributed by atoms with Crippen molar-refractivity contribution in [1.82, 2.24) is 4.90 Å². The summed E-state index contributed by atoms with van der Waals surface area (Å²) in [5.74, 6) is -0.366. The van der Waals surface area contributed by atoms with Crippen LogP contribution in [0.1, 0.15) is 33.6 Å². The highest BCUT2D eigenvalue weighted by Crippen LogP contribution is 2.22. The van der Waals surface area contributed by atoms with Crippen LogP contribution in [0, 0.1) is 0 Å². The lowest BCUT2D eigenvalue weighted by Crippen LogP contribution is -2.30. The van der Waals surface area contributed by atoms with E-state index in [1.165, 1.54) is 4.90 Å². The van der Waals surface area contributed by atoms with Gasteiger partial charge in [0.1, 0.15) is 0 Å². The molecule has 0 atom stereocenters. The van der Waals surface area contributed by atoms with Gasteiger partial charge in [0.05, 0.1) is 19.0 Å². The van der Waals surface area contributed by atoms with Gasteiger partial charge in [0, 0.05) is 6.54 Å². The second-order valence-corrected chi connectivity index (χ2v) is 3.80. The van der Waals surface area contributed by atoms with Crippen LogP contribution in [-0.4, -0.2) is 31.1 Å². The minimum atomic E-state index is -0.183. The molecule has 0 saturated heterocycles. The van der Waals surface area contributed by atoms with E-state index in [4.69, 9.17) is 7.85 Å². The van der Waals surface area contributed by atoms with Crippen molar-refractivity contribution in [2.45, 2.75) is 19.2 Å². The summed E-state index contributed by atoms with van der Waals surface area (Å²) in [4.78, 5) is 25.1. The fourth-order valence-electron chi connectivity index (χ4n) is 1.86. The number of fused-ring (bicyclic) bond motifs is 1. The molecule has 4 heteroatoms. The first-order chi connectivity index (χ1) is 7.75. The second kappa shape index (κ2) is 4.52. The van der Waals surface area contributed by atoms with Crippen LogP contribution in [0.4, 0.5) is 0 Å². The van der Waals surface area contributed by atoms with Crippen LogP contribution in [0.3, 0.4) is 0 Å². The molecule has 80 valence electrons. The molecule has 1 heterocycles. The Morgan fingerprint density at radius 2 is 1.56 bits per heavy atom. The zero-order valence-corrected chi connectivity index (χ0v) is 8.98. The normalized spacial score (nSPS) is 14.4. The Hall–Kier alpha value is -1.58. The first kappa shape index (κ1) is 10.9. The SMILES string of the molecule is [B]CCCCN1C(=O)c2ccccc2C1=O. The van der Waals surface area contributed by atoms with Crippen molar-refractivity contribution < 1.29 is 9.59 Å². The third-order valence-corrected chi connectivity index (χ3v) is 2.71. The summed E-state index contributed by atoms with van der Waals surface area (Å²) in [6, 6.07) is 6.93. The molecule has 2 rings (SSSR count). The molecule has 1 aliphatic heterocycles. The van der Waals surface area contributed by atoms with Crippen molar-refractivity contribution >= 4 is 19.7 Å². The Bertz CT molecular complexity index is 396. The zero-order chi connectivity index (χ0) is 11.5. The topological polar surface area (TPSA) is 37.4 Å². The number of carbonyl (C=O) groups is 2. The molecule has 0 aromatic heterocycles. The van der Waals surface area contributed by atoms with Crippen molar-refractivity contribution in [1.29, 1.82) is 0 Å². The quantitative estimate of drug-likeness (QED) is 0.433. The number of carbonyl (C=O) groups excluding carboxylic acids is 2. The summed E-state index contributed by atoms with van der Waals surface area (Å²) >= 11 is 0. The number of benzene rings is 1. The summed E-state index contributed by atoms with van der Waals surface area (Å²) in [6.45, 7) is 0.462. The van der Waals surface area contributed by atoms with Crippen molar-refractivity contribution in [3.05, 3.63) is 35.4 Å². The van der Waals surface area contributed by atoms with E-state index < -0.39 is 0 Å². The van der Waals surface area contributed by atoms with Gasteiger partial charge in [-0.25, -0.2) is 0 Å². The monoisotopic (exact) mass is 213 g/mol. The molecule has 0 spiro atoms. The van der Waals surface area contributed by atoms with E-state index in [1.807, 2.05) is 0 Å². The second-order valence-electron chi connectivity index (χ2n) is 3.80. The predicted molar refractivity (Wildman–Crippen MR) is 61.6 cm³/mol. The number of imide groups is 1. The molecule has 3 nitrogen and oxygen atoms in total. The molecule has 0 saturated carbocycles. The van der Waals surface area contributed by atoms with Crippen molar-refractivity contribution in [2.75, 3.05) is 6.54 Å². The lowest BCUT2D eigenvalue weighted by molar-refractivity contribution is 0.0652.